The highest BCUT2D eigenvalue weighted by atomic mass is 16.6. The van der Waals surface area contributed by atoms with Crippen molar-refractivity contribution in [2.45, 2.75) is 19.9 Å². The molecule has 0 unspecified atom stereocenters. The molecule has 1 amide bonds. The summed E-state index contributed by atoms with van der Waals surface area (Å²) in [4.78, 5) is 25.2. The molecule has 2 heterocycles. The van der Waals surface area contributed by atoms with Crippen molar-refractivity contribution in [2.24, 2.45) is 0 Å². The van der Waals surface area contributed by atoms with E-state index < -0.39 is 4.92 Å². The Kier molecular flexibility index (Phi) is 3.57. The lowest BCUT2D eigenvalue weighted by Gasteiger charge is -2.26. The van der Waals surface area contributed by atoms with Gasteiger partial charge in [0.15, 0.2) is 5.69 Å². The molecule has 0 bridgehead atoms. The summed E-state index contributed by atoms with van der Waals surface area (Å²) in [7, 11) is 0. The van der Waals surface area contributed by atoms with Gasteiger partial charge in [0.25, 0.3) is 11.6 Å². The third-order valence-electron chi connectivity index (χ3n) is 4.68. The van der Waals surface area contributed by atoms with E-state index in [0.717, 1.165) is 28.1 Å². The lowest BCUT2D eigenvalue weighted by atomic mass is 9.98. The summed E-state index contributed by atoms with van der Waals surface area (Å²) >= 11 is 0. The predicted molar refractivity (Wildman–Crippen MR) is 96.3 cm³/mol. The van der Waals surface area contributed by atoms with E-state index in [2.05, 4.69) is 10.2 Å². The summed E-state index contributed by atoms with van der Waals surface area (Å²) in [6.07, 6.45) is 0. The first-order valence-corrected chi connectivity index (χ1v) is 8.17. The van der Waals surface area contributed by atoms with E-state index in [9.17, 15) is 14.9 Å². The van der Waals surface area contributed by atoms with E-state index in [1.807, 2.05) is 38.1 Å². The number of aromatic amines is 1. The summed E-state index contributed by atoms with van der Waals surface area (Å²) in [5.41, 5.74) is 4.70. The van der Waals surface area contributed by atoms with Gasteiger partial charge in [-0.25, -0.2) is 0 Å². The van der Waals surface area contributed by atoms with Crippen molar-refractivity contribution in [3.63, 3.8) is 0 Å². The fourth-order valence-electron chi connectivity index (χ4n) is 3.36. The molecule has 3 aromatic rings. The predicted octanol–water partition coefficient (Wildman–Crippen LogP) is 3.68. The molecule has 7 nitrogen and oxygen atoms in total. The summed E-state index contributed by atoms with van der Waals surface area (Å²) < 4.78 is 0. The second kappa shape index (κ2) is 5.80. The number of anilines is 1. The van der Waals surface area contributed by atoms with Gasteiger partial charge in [-0.15, -0.1) is 0 Å². The molecule has 26 heavy (non-hydrogen) atoms. The lowest BCUT2D eigenvalue weighted by molar-refractivity contribution is -0.384. The Morgan fingerprint density at radius 3 is 2.35 bits per heavy atom. The van der Waals surface area contributed by atoms with Crippen molar-refractivity contribution >= 4 is 17.3 Å². The van der Waals surface area contributed by atoms with Crippen molar-refractivity contribution in [1.29, 1.82) is 0 Å². The summed E-state index contributed by atoms with van der Waals surface area (Å²) in [6, 6.07) is 13.6. The Morgan fingerprint density at radius 2 is 1.73 bits per heavy atom. The maximum absolute atomic E-state index is 13.0. The third kappa shape index (κ3) is 2.36. The van der Waals surface area contributed by atoms with Crippen LogP contribution in [-0.4, -0.2) is 21.0 Å². The number of aromatic nitrogens is 2. The Bertz CT molecular complexity index is 1010. The molecular formula is C19H16N4O3. The minimum absolute atomic E-state index is 0.0177. The number of nitrogens with one attached hydrogen (secondary N) is 1. The van der Waals surface area contributed by atoms with E-state index >= 15 is 0 Å². The number of carbonyl (C=O) groups excluding carboxylic acids is 1. The highest BCUT2D eigenvalue weighted by Gasteiger charge is 2.42. The number of aryl methyl sites for hydroxylation is 2. The van der Waals surface area contributed by atoms with Gasteiger partial charge in [0, 0.05) is 29.1 Å². The van der Waals surface area contributed by atoms with Crippen molar-refractivity contribution in [1.82, 2.24) is 10.2 Å². The monoisotopic (exact) mass is 348 g/mol. The van der Waals surface area contributed by atoms with Crippen LogP contribution in [-0.2, 0) is 0 Å². The molecule has 0 spiro atoms. The summed E-state index contributed by atoms with van der Waals surface area (Å²) in [5, 5.41) is 18.0. The number of amides is 1. The van der Waals surface area contributed by atoms with Gasteiger partial charge in [0.05, 0.1) is 11.0 Å². The SMILES string of the molecule is Cc1ccc(N2C(=O)c3n[nH]c(C)c3[C@H]2c2ccc([N+](=O)[O-])cc2)cc1. The first-order chi connectivity index (χ1) is 12.5. The Labute approximate surface area is 149 Å². The summed E-state index contributed by atoms with van der Waals surface area (Å²) in [6.45, 7) is 3.86. The van der Waals surface area contributed by atoms with E-state index in [1.165, 1.54) is 12.1 Å². The van der Waals surface area contributed by atoms with Crippen LogP contribution < -0.4 is 4.90 Å². The van der Waals surface area contributed by atoms with E-state index in [-0.39, 0.29) is 17.6 Å². The van der Waals surface area contributed by atoms with Gasteiger partial charge in [0.2, 0.25) is 0 Å². The quantitative estimate of drug-likeness (QED) is 0.577. The number of non-ortho nitro benzene ring substituents is 1. The molecule has 1 N–H and O–H groups in total. The lowest BCUT2D eigenvalue weighted by Crippen LogP contribution is -2.29. The highest BCUT2D eigenvalue weighted by molar-refractivity contribution is 6.10. The minimum Gasteiger partial charge on any atom is -0.295 e. The molecule has 1 aliphatic heterocycles. The van der Waals surface area contributed by atoms with E-state index in [4.69, 9.17) is 0 Å². The van der Waals surface area contributed by atoms with Crippen LogP contribution in [0.2, 0.25) is 0 Å². The number of nitro benzene ring substituents is 1. The molecule has 0 fully saturated rings. The zero-order valence-corrected chi connectivity index (χ0v) is 14.3. The van der Waals surface area contributed by atoms with Crippen molar-refractivity contribution in [2.75, 3.05) is 4.90 Å². The Morgan fingerprint density at radius 1 is 1.08 bits per heavy atom. The smallest absolute Gasteiger partial charge is 0.279 e. The van der Waals surface area contributed by atoms with Crippen LogP contribution in [0.15, 0.2) is 48.5 Å². The van der Waals surface area contributed by atoms with Crippen molar-refractivity contribution in [3.8, 4) is 0 Å². The summed E-state index contributed by atoms with van der Waals surface area (Å²) in [5.74, 6) is -0.184. The van der Waals surface area contributed by atoms with Crippen LogP contribution in [0.5, 0.6) is 0 Å². The van der Waals surface area contributed by atoms with Crippen LogP contribution in [0.25, 0.3) is 0 Å². The molecule has 130 valence electrons. The molecule has 0 aliphatic carbocycles. The van der Waals surface area contributed by atoms with Gasteiger partial charge < -0.3 is 0 Å². The molecule has 4 rings (SSSR count). The van der Waals surface area contributed by atoms with Crippen LogP contribution in [0, 0.1) is 24.0 Å². The maximum Gasteiger partial charge on any atom is 0.279 e. The number of nitro groups is 1. The van der Waals surface area contributed by atoms with Gasteiger partial charge in [0.1, 0.15) is 0 Å². The second-order valence-corrected chi connectivity index (χ2v) is 6.37. The average Bonchev–Trinajstić information content (AvgIpc) is 3.15. The first kappa shape index (κ1) is 16.0. The first-order valence-electron chi connectivity index (χ1n) is 8.17. The number of carbonyl (C=O) groups is 1. The van der Waals surface area contributed by atoms with Crippen molar-refractivity contribution in [3.05, 3.63) is 86.7 Å². The fourth-order valence-corrected chi connectivity index (χ4v) is 3.36. The Hall–Kier alpha value is -3.48. The van der Waals surface area contributed by atoms with Gasteiger partial charge in [-0.05, 0) is 43.7 Å². The molecule has 2 aromatic carbocycles. The fraction of sp³-hybridized carbons (Fsp3) is 0.158. The van der Waals surface area contributed by atoms with Gasteiger partial charge in [-0.3, -0.25) is 24.9 Å². The molecule has 7 heteroatoms. The number of nitrogens with zero attached hydrogens (tertiary/aromatic N) is 3. The highest BCUT2D eigenvalue weighted by Crippen LogP contribution is 2.42. The van der Waals surface area contributed by atoms with Crippen LogP contribution >= 0.6 is 0 Å². The molecule has 1 aliphatic rings. The minimum atomic E-state index is -0.435. The largest absolute Gasteiger partial charge is 0.295 e. The molecule has 1 aromatic heterocycles. The average molecular weight is 348 g/mol. The second-order valence-electron chi connectivity index (χ2n) is 6.37. The number of hydrogen-bond donors (Lipinski definition) is 1. The van der Waals surface area contributed by atoms with Crippen LogP contribution in [0.4, 0.5) is 11.4 Å². The van der Waals surface area contributed by atoms with E-state index in [0.29, 0.717) is 5.69 Å². The number of fused-ring (bicyclic) bond motifs is 1. The maximum atomic E-state index is 13.0. The molecule has 0 saturated carbocycles. The van der Waals surface area contributed by atoms with Crippen molar-refractivity contribution < 1.29 is 9.72 Å². The normalized spacial score (nSPS) is 16.0. The number of H-pyrrole nitrogens is 1. The zero-order chi connectivity index (χ0) is 18.4. The van der Waals surface area contributed by atoms with Gasteiger partial charge >= 0.3 is 0 Å². The Balaban J connectivity index is 1.86. The topological polar surface area (TPSA) is 92.1 Å². The van der Waals surface area contributed by atoms with Crippen LogP contribution in [0.1, 0.15) is 38.9 Å². The number of rotatable bonds is 3. The zero-order valence-electron chi connectivity index (χ0n) is 14.3. The molecule has 0 radical (unpaired) electrons. The standard InChI is InChI=1S/C19H16N4O3/c1-11-3-7-14(8-4-11)22-18(13-5-9-15(10-6-13)23(25)26)16-12(2)20-21-17(16)19(22)24/h3-10,18H,1-2H3,(H,20,21)/t18-/m1/s1. The van der Waals surface area contributed by atoms with Crippen LogP contribution in [0.3, 0.4) is 0 Å². The third-order valence-corrected chi connectivity index (χ3v) is 4.68. The van der Waals surface area contributed by atoms with Gasteiger partial charge in [-0.1, -0.05) is 17.7 Å². The number of benzene rings is 2. The van der Waals surface area contributed by atoms with E-state index in [1.54, 1.807) is 17.0 Å². The number of hydrogen-bond acceptors (Lipinski definition) is 4. The molecular weight excluding hydrogens is 332 g/mol. The van der Waals surface area contributed by atoms with Gasteiger partial charge in [-0.2, -0.15) is 5.10 Å². The molecule has 1 atom stereocenters. The molecule has 0 saturated heterocycles.